The highest BCUT2D eigenvalue weighted by molar-refractivity contribution is 5.55. The molecule has 0 aliphatic rings. The van der Waals surface area contributed by atoms with Crippen LogP contribution in [0.4, 0.5) is 10.1 Å². The number of benzene rings is 1. The Balaban J connectivity index is 0.000000671. The Hall–Kier alpha value is -1.56. The second-order valence-electron chi connectivity index (χ2n) is 2.30. The molecular formula is C10H13FN2. The number of hydrogen-bond acceptors (Lipinski definition) is 2. The zero-order valence-electron chi connectivity index (χ0n) is 8.06. The van der Waals surface area contributed by atoms with Crippen molar-refractivity contribution in [3.8, 4) is 6.07 Å². The number of nitrogens with zero attached hydrogens (tertiary/aromatic N) is 1. The molecule has 0 heterocycles. The number of hydrogen-bond donors (Lipinski definition) is 1. The monoisotopic (exact) mass is 180 g/mol. The molecule has 2 nitrogen and oxygen atoms in total. The molecule has 0 bridgehead atoms. The molecule has 0 fully saturated rings. The van der Waals surface area contributed by atoms with Crippen LogP contribution in [0.1, 0.15) is 25.0 Å². The van der Waals surface area contributed by atoms with Gasteiger partial charge in [-0.3, -0.25) is 0 Å². The highest BCUT2D eigenvalue weighted by Crippen LogP contribution is 2.15. The van der Waals surface area contributed by atoms with E-state index in [2.05, 4.69) is 0 Å². The van der Waals surface area contributed by atoms with E-state index in [1.807, 2.05) is 19.9 Å². The predicted octanol–water partition coefficient (Wildman–Crippen LogP) is 2.61. The van der Waals surface area contributed by atoms with Crippen molar-refractivity contribution in [3.05, 3.63) is 29.1 Å². The largest absolute Gasteiger partial charge is 0.398 e. The van der Waals surface area contributed by atoms with Gasteiger partial charge in [0, 0.05) is 0 Å². The molecule has 0 aromatic heterocycles. The molecule has 0 atom stereocenters. The van der Waals surface area contributed by atoms with Crippen LogP contribution in [-0.2, 0) is 0 Å². The van der Waals surface area contributed by atoms with Crippen LogP contribution in [0.3, 0.4) is 0 Å². The Bertz CT molecular complexity index is 326. The average molecular weight is 180 g/mol. The fraction of sp³-hybridized carbons (Fsp3) is 0.300. The molecule has 0 saturated heterocycles. The Kier molecular flexibility index (Phi) is 4.53. The van der Waals surface area contributed by atoms with E-state index < -0.39 is 0 Å². The Labute approximate surface area is 77.8 Å². The minimum atomic E-state index is -0.374. The van der Waals surface area contributed by atoms with E-state index in [-0.39, 0.29) is 11.5 Å². The number of nitriles is 1. The van der Waals surface area contributed by atoms with Crippen LogP contribution in [0.5, 0.6) is 0 Å². The number of nitrogens with two attached hydrogens (primary N) is 1. The van der Waals surface area contributed by atoms with Gasteiger partial charge in [-0.2, -0.15) is 5.26 Å². The van der Waals surface area contributed by atoms with Crippen molar-refractivity contribution in [1.29, 1.82) is 5.26 Å². The number of halogens is 1. The second kappa shape index (κ2) is 5.15. The van der Waals surface area contributed by atoms with E-state index in [1.54, 1.807) is 6.92 Å². The maximum atomic E-state index is 12.7. The first-order valence-corrected chi connectivity index (χ1v) is 4.11. The van der Waals surface area contributed by atoms with Crippen LogP contribution < -0.4 is 5.73 Å². The van der Waals surface area contributed by atoms with E-state index in [4.69, 9.17) is 11.0 Å². The molecule has 2 N–H and O–H groups in total. The quantitative estimate of drug-likeness (QED) is 0.624. The topological polar surface area (TPSA) is 49.8 Å². The minimum Gasteiger partial charge on any atom is -0.398 e. The summed E-state index contributed by atoms with van der Waals surface area (Å²) in [5, 5.41) is 8.48. The van der Waals surface area contributed by atoms with Gasteiger partial charge in [-0.05, 0) is 24.6 Å². The van der Waals surface area contributed by atoms with Crippen LogP contribution >= 0.6 is 0 Å². The van der Waals surface area contributed by atoms with Gasteiger partial charge < -0.3 is 5.73 Å². The molecule has 1 rings (SSSR count). The minimum absolute atomic E-state index is 0.190. The zero-order valence-corrected chi connectivity index (χ0v) is 8.06. The summed E-state index contributed by atoms with van der Waals surface area (Å²) in [7, 11) is 0. The fourth-order valence-corrected chi connectivity index (χ4v) is 0.794. The number of rotatable bonds is 0. The molecule has 13 heavy (non-hydrogen) atoms. The summed E-state index contributed by atoms with van der Waals surface area (Å²) in [6, 6.07) is 4.47. The van der Waals surface area contributed by atoms with Gasteiger partial charge in [-0.25, -0.2) is 4.39 Å². The third-order valence-electron chi connectivity index (χ3n) is 1.45. The molecule has 70 valence electrons. The maximum absolute atomic E-state index is 12.7. The Morgan fingerprint density at radius 2 is 1.92 bits per heavy atom. The summed E-state index contributed by atoms with van der Waals surface area (Å²) in [6.45, 7) is 5.59. The first-order valence-electron chi connectivity index (χ1n) is 4.11. The van der Waals surface area contributed by atoms with Gasteiger partial charge in [0.2, 0.25) is 0 Å². The van der Waals surface area contributed by atoms with Gasteiger partial charge in [-0.15, -0.1) is 0 Å². The van der Waals surface area contributed by atoms with Crippen molar-refractivity contribution in [2.75, 3.05) is 5.73 Å². The van der Waals surface area contributed by atoms with E-state index in [9.17, 15) is 4.39 Å². The SMILES string of the molecule is CC.Cc1cc(C#N)c(N)cc1F. The van der Waals surface area contributed by atoms with Gasteiger partial charge in [0.05, 0.1) is 11.3 Å². The summed E-state index contributed by atoms with van der Waals surface area (Å²) in [5.41, 5.74) is 6.29. The molecule has 0 spiro atoms. The number of nitrogen functional groups attached to an aromatic ring is 1. The van der Waals surface area contributed by atoms with E-state index in [0.717, 1.165) is 6.07 Å². The number of aryl methyl sites for hydroxylation is 1. The highest BCUT2D eigenvalue weighted by Gasteiger charge is 2.02. The first-order chi connectivity index (χ1) is 6.15. The molecule has 3 heteroatoms. The highest BCUT2D eigenvalue weighted by atomic mass is 19.1. The zero-order chi connectivity index (χ0) is 10.4. The lowest BCUT2D eigenvalue weighted by Gasteiger charge is -1.99. The predicted molar refractivity (Wildman–Crippen MR) is 51.6 cm³/mol. The molecule has 0 unspecified atom stereocenters. The van der Waals surface area contributed by atoms with Gasteiger partial charge in [0.15, 0.2) is 0 Å². The van der Waals surface area contributed by atoms with Crippen LogP contribution in [-0.4, -0.2) is 0 Å². The van der Waals surface area contributed by atoms with Crippen LogP contribution in [0.25, 0.3) is 0 Å². The lowest BCUT2D eigenvalue weighted by molar-refractivity contribution is 0.619. The summed E-state index contributed by atoms with van der Waals surface area (Å²) >= 11 is 0. The molecule has 0 amide bonds. The van der Waals surface area contributed by atoms with Crippen LogP contribution in [0, 0.1) is 24.1 Å². The fourth-order valence-electron chi connectivity index (χ4n) is 0.794. The summed E-state index contributed by atoms with van der Waals surface area (Å²) in [4.78, 5) is 0. The van der Waals surface area contributed by atoms with Crippen molar-refractivity contribution in [2.24, 2.45) is 0 Å². The second-order valence-corrected chi connectivity index (χ2v) is 2.30. The van der Waals surface area contributed by atoms with Crippen molar-refractivity contribution in [1.82, 2.24) is 0 Å². The molecular weight excluding hydrogens is 167 g/mol. The standard InChI is InChI=1S/C8H7FN2.C2H6/c1-5-2-6(4-10)8(11)3-7(5)9;1-2/h2-3H,11H2,1H3;1-2H3. The van der Waals surface area contributed by atoms with E-state index in [1.165, 1.54) is 6.07 Å². The summed E-state index contributed by atoms with van der Waals surface area (Å²) < 4.78 is 12.7. The molecule has 1 aromatic rings. The molecule has 1 aromatic carbocycles. The molecule has 0 aliphatic carbocycles. The van der Waals surface area contributed by atoms with Gasteiger partial charge >= 0.3 is 0 Å². The molecule has 0 saturated carbocycles. The van der Waals surface area contributed by atoms with Crippen molar-refractivity contribution < 1.29 is 4.39 Å². The Morgan fingerprint density at radius 3 is 2.38 bits per heavy atom. The third kappa shape index (κ3) is 2.75. The van der Waals surface area contributed by atoms with Crippen LogP contribution in [0.15, 0.2) is 12.1 Å². The van der Waals surface area contributed by atoms with E-state index >= 15 is 0 Å². The first kappa shape index (κ1) is 11.4. The molecule has 0 radical (unpaired) electrons. The van der Waals surface area contributed by atoms with Gasteiger partial charge in [0.25, 0.3) is 0 Å². The average Bonchev–Trinajstić information content (AvgIpc) is 2.15. The number of anilines is 1. The smallest absolute Gasteiger partial charge is 0.128 e. The van der Waals surface area contributed by atoms with Gasteiger partial charge in [-0.1, -0.05) is 13.8 Å². The molecule has 0 aliphatic heterocycles. The lowest BCUT2D eigenvalue weighted by atomic mass is 10.1. The lowest BCUT2D eigenvalue weighted by Crippen LogP contribution is -1.93. The normalized spacial score (nSPS) is 8.23. The van der Waals surface area contributed by atoms with E-state index in [0.29, 0.717) is 11.1 Å². The van der Waals surface area contributed by atoms with Crippen molar-refractivity contribution >= 4 is 5.69 Å². The summed E-state index contributed by atoms with van der Waals surface area (Å²) in [6.07, 6.45) is 0. The van der Waals surface area contributed by atoms with Gasteiger partial charge in [0.1, 0.15) is 11.9 Å². The van der Waals surface area contributed by atoms with Crippen molar-refractivity contribution in [3.63, 3.8) is 0 Å². The third-order valence-corrected chi connectivity index (χ3v) is 1.45. The maximum Gasteiger partial charge on any atom is 0.128 e. The summed E-state index contributed by atoms with van der Waals surface area (Å²) in [5.74, 6) is -0.374. The Morgan fingerprint density at radius 1 is 1.38 bits per heavy atom. The van der Waals surface area contributed by atoms with Crippen molar-refractivity contribution in [2.45, 2.75) is 20.8 Å². The van der Waals surface area contributed by atoms with Crippen LogP contribution in [0.2, 0.25) is 0 Å².